The van der Waals surface area contributed by atoms with Crippen molar-refractivity contribution in [1.82, 2.24) is 5.32 Å². The summed E-state index contributed by atoms with van der Waals surface area (Å²) in [4.78, 5) is 25.1. The number of hydrogen-bond donors (Lipinski definition) is 2. The van der Waals surface area contributed by atoms with Crippen molar-refractivity contribution in [2.24, 2.45) is 11.3 Å². The number of carbonyl (C=O) groups is 2. The number of ether oxygens (including phenoxy) is 1. The maximum Gasteiger partial charge on any atom is 0.311 e. The minimum absolute atomic E-state index is 0.152. The van der Waals surface area contributed by atoms with Crippen molar-refractivity contribution >= 4 is 27.6 Å². The van der Waals surface area contributed by atoms with Crippen LogP contribution in [-0.4, -0.2) is 39.7 Å². The average molecular weight is 507 g/mol. The second-order valence-electron chi connectivity index (χ2n) is 9.93. The van der Waals surface area contributed by atoms with Crippen molar-refractivity contribution in [2.75, 3.05) is 24.1 Å². The molecular weight excluding hydrogens is 471 g/mol. The van der Waals surface area contributed by atoms with Gasteiger partial charge in [-0.1, -0.05) is 30.3 Å². The Kier molecular flexibility index (Phi) is 9.43. The van der Waals surface area contributed by atoms with E-state index in [-0.39, 0.29) is 36.6 Å². The van der Waals surface area contributed by atoms with E-state index in [2.05, 4.69) is 10.0 Å². The normalized spacial score (nSPS) is 13.6. The molecule has 0 spiro atoms. The molecule has 0 aromatic heterocycles. The molecule has 0 heterocycles. The molecule has 7 nitrogen and oxygen atoms in total. The Morgan fingerprint density at radius 1 is 1.11 bits per heavy atom. The quantitative estimate of drug-likeness (QED) is 0.471. The van der Waals surface area contributed by atoms with E-state index in [1.807, 2.05) is 31.2 Å². The van der Waals surface area contributed by atoms with E-state index in [9.17, 15) is 22.4 Å². The van der Waals surface area contributed by atoms with E-state index in [0.29, 0.717) is 12.0 Å². The lowest BCUT2D eigenvalue weighted by Gasteiger charge is -2.23. The minimum atomic E-state index is -3.62. The van der Waals surface area contributed by atoms with Gasteiger partial charge < -0.3 is 10.1 Å². The van der Waals surface area contributed by atoms with Crippen LogP contribution in [0.4, 0.5) is 10.1 Å². The van der Waals surface area contributed by atoms with Crippen molar-refractivity contribution in [3.8, 4) is 0 Å². The first-order valence-electron chi connectivity index (χ1n) is 11.4. The molecule has 2 N–H and O–H groups in total. The molecule has 0 saturated carbocycles. The van der Waals surface area contributed by atoms with Crippen LogP contribution in [0.5, 0.6) is 0 Å². The SMILES string of the molecule is Cc1ccccc1CC(CNC(=O)[C@@H](C)c1ccc(NS(C)(=O)=O)c(F)c1)COC(=O)C(C)(C)C. The number of aryl methyl sites for hydroxylation is 1. The van der Waals surface area contributed by atoms with Gasteiger partial charge in [0.05, 0.1) is 29.9 Å². The highest BCUT2D eigenvalue weighted by molar-refractivity contribution is 7.92. The molecule has 1 unspecified atom stereocenters. The summed E-state index contributed by atoms with van der Waals surface area (Å²) in [5, 5.41) is 2.89. The van der Waals surface area contributed by atoms with Crippen LogP contribution in [0.2, 0.25) is 0 Å². The van der Waals surface area contributed by atoms with Crippen LogP contribution < -0.4 is 10.0 Å². The first-order chi connectivity index (χ1) is 16.2. The van der Waals surface area contributed by atoms with Crippen molar-refractivity contribution in [3.05, 3.63) is 65.0 Å². The first kappa shape index (κ1) is 28.3. The molecule has 1 amide bonds. The number of halogens is 1. The summed E-state index contributed by atoms with van der Waals surface area (Å²) < 4.78 is 44.7. The average Bonchev–Trinajstić information content (AvgIpc) is 2.75. The van der Waals surface area contributed by atoms with Gasteiger partial charge in [-0.2, -0.15) is 0 Å². The highest BCUT2D eigenvalue weighted by atomic mass is 32.2. The van der Waals surface area contributed by atoms with Crippen LogP contribution in [0.1, 0.15) is 50.3 Å². The summed E-state index contributed by atoms with van der Waals surface area (Å²) in [7, 11) is -3.62. The van der Waals surface area contributed by atoms with Crippen LogP contribution in [0.25, 0.3) is 0 Å². The molecule has 9 heteroatoms. The fraction of sp³-hybridized carbons (Fsp3) is 0.462. The molecule has 0 aliphatic heterocycles. The molecule has 0 aliphatic rings. The zero-order chi connectivity index (χ0) is 26.4. The number of sulfonamides is 1. The molecule has 0 radical (unpaired) electrons. The number of nitrogens with one attached hydrogen (secondary N) is 2. The summed E-state index contributed by atoms with van der Waals surface area (Å²) in [6.07, 6.45) is 1.54. The highest BCUT2D eigenvalue weighted by Crippen LogP contribution is 2.23. The molecule has 0 saturated heterocycles. The molecule has 2 atom stereocenters. The fourth-order valence-electron chi connectivity index (χ4n) is 3.38. The van der Waals surface area contributed by atoms with Crippen LogP contribution in [0.15, 0.2) is 42.5 Å². The Hall–Kier alpha value is -2.94. The number of esters is 1. The lowest BCUT2D eigenvalue weighted by Crippen LogP contribution is -2.36. The predicted molar refractivity (Wildman–Crippen MR) is 135 cm³/mol. The van der Waals surface area contributed by atoms with Gasteiger partial charge >= 0.3 is 5.97 Å². The van der Waals surface area contributed by atoms with Crippen LogP contribution >= 0.6 is 0 Å². The highest BCUT2D eigenvalue weighted by Gasteiger charge is 2.25. The van der Waals surface area contributed by atoms with Gasteiger partial charge in [-0.25, -0.2) is 12.8 Å². The third kappa shape index (κ3) is 8.98. The van der Waals surface area contributed by atoms with Gasteiger partial charge in [-0.15, -0.1) is 0 Å². The third-order valence-electron chi connectivity index (χ3n) is 5.58. The van der Waals surface area contributed by atoms with E-state index in [0.717, 1.165) is 23.4 Å². The van der Waals surface area contributed by atoms with Gasteiger partial charge in [0.1, 0.15) is 5.82 Å². The van der Waals surface area contributed by atoms with E-state index in [4.69, 9.17) is 4.74 Å². The number of anilines is 1. The third-order valence-corrected chi connectivity index (χ3v) is 6.17. The summed E-state index contributed by atoms with van der Waals surface area (Å²) in [5.74, 6) is -2.22. The fourth-order valence-corrected chi connectivity index (χ4v) is 3.95. The Balaban J connectivity index is 2.09. The van der Waals surface area contributed by atoms with E-state index >= 15 is 0 Å². The van der Waals surface area contributed by atoms with E-state index in [1.54, 1.807) is 27.7 Å². The van der Waals surface area contributed by atoms with Crippen LogP contribution in [0, 0.1) is 24.1 Å². The molecule has 0 fully saturated rings. The molecule has 0 aliphatic carbocycles. The van der Waals surface area contributed by atoms with Gasteiger partial charge in [0.2, 0.25) is 15.9 Å². The number of amides is 1. The summed E-state index contributed by atoms with van der Waals surface area (Å²) in [6.45, 7) is 9.42. The molecule has 2 rings (SSSR count). The van der Waals surface area contributed by atoms with Crippen molar-refractivity contribution in [1.29, 1.82) is 0 Å². The smallest absolute Gasteiger partial charge is 0.311 e. The van der Waals surface area contributed by atoms with E-state index in [1.165, 1.54) is 12.1 Å². The molecule has 0 bridgehead atoms. The van der Waals surface area contributed by atoms with Crippen LogP contribution in [0.3, 0.4) is 0 Å². The summed E-state index contributed by atoms with van der Waals surface area (Å²) in [5.41, 5.74) is 1.81. The van der Waals surface area contributed by atoms with Gasteiger partial charge in [-0.3, -0.25) is 14.3 Å². The van der Waals surface area contributed by atoms with Crippen molar-refractivity contribution in [3.63, 3.8) is 0 Å². The maximum absolute atomic E-state index is 14.4. The zero-order valence-electron chi connectivity index (χ0n) is 21.1. The zero-order valence-corrected chi connectivity index (χ0v) is 22.0. The monoisotopic (exact) mass is 506 g/mol. The number of rotatable bonds is 10. The molecule has 2 aromatic carbocycles. The molecule has 35 heavy (non-hydrogen) atoms. The Morgan fingerprint density at radius 3 is 2.34 bits per heavy atom. The van der Waals surface area contributed by atoms with Gasteiger partial charge in [0.25, 0.3) is 0 Å². The maximum atomic E-state index is 14.4. The Labute approximate surface area is 207 Å². The van der Waals surface area contributed by atoms with Crippen LogP contribution in [-0.2, 0) is 30.8 Å². The first-order valence-corrected chi connectivity index (χ1v) is 13.3. The molecule has 192 valence electrons. The largest absolute Gasteiger partial charge is 0.465 e. The summed E-state index contributed by atoms with van der Waals surface area (Å²) in [6, 6.07) is 11.9. The number of benzene rings is 2. The molecule has 2 aromatic rings. The predicted octanol–water partition coefficient (Wildman–Crippen LogP) is 4.17. The number of carbonyl (C=O) groups excluding carboxylic acids is 2. The number of hydrogen-bond acceptors (Lipinski definition) is 5. The van der Waals surface area contributed by atoms with Gasteiger partial charge in [-0.05, 0) is 69.9 Å². The van der Waals surface area contributed by atoms with Crippen molar-refractivity contribution in [2.45, 2.75) is 47.0 Å². The second kappa shape index (κ2) is 11.7. The lowest BCUT2D eigenvalue weighted by atomic mass is 9.95. The van der Waals surface area contributed by atoms with Gasteiger partial charge in [0, 0.05) is 12.5 Å². The Morgan fingerprint density at radius 2 is 1.77 bits per heavy atom. The lowest BCUT2D eigenvalue weighted by molar-refractivity contribution is -0.154. The standard InChI is InChI=1S/C26H35FN2O5S/c1-17-9-7-8-10-20(17)13-19(16-34-25(31)26(3,4)5)15-28-24(30)18(2)21-11-12-23(22(27)14-21)29-35(6,32)33/h7-12,14,18-19,29H,13,15-16H2,1-6H3,(H,28,30)/t18-,19?/m0/s1. The molecular formula is C26H35FN2O5S. The van der Waals surface area contributed by atoms with Crippen molar-refractivity contribution < 1.29 is 27.1 Å². The topological polar surface area (TPSA) is 102 Å². The van der Waals surface area contributed by atoms with Gasteiger partial charge in [0.15, 0.2) is 0 Å². The minimum Gasteiger partial charge on any atom is -0.465 e. The second-order valence-corrected chi connectivity index (χ2v) is 11.7. The van der Waals surface area contributed by atoms with E-state index < -0.39 is 27.2 Å². The Bertz CT molecular complexity index is 1160. The summed E-state index contributed by atoms with van der Waals surface area (Å²) >= 11 is 0.